The van der Waals surface area contributed by atoms with E-state index in [4.69, 9.17) is 4.74 Å². The van der Waals surface area contributed by atoms with Gasteiger partial charge in [-0.25, -0.2) is 4.79 Å². The highest BCUT2D eigenvalue weighted by Crippen LogP contribution is 2.20. The van der Waals surface area contributed by atoms with Gasteiger partial charge in [0.2, 0.25) is 5.69 Å². The lowest BCUT2D eigenvalue weighted by Crippen LogP contribution is -2.37. The van der Waals surface area contributed by atoms with Crippen LogP contribution in [-0.4, -0.2) is 52.4 Å². The summed E-state index contributed by atoms with van der Waals surface area (Å²) in [7, 11) is 0. The number of aryl methyl sites for hydroxylation is 2. The van der Waals surface area contributed by atoms with Crippen molar-refractivity contribution in [2.45, 2.75) is 13.8 Å². The van der Waals surface area contributed by atoms with Gasteiger partial charge in [-0.15, -0.1) is 15.0 Å². The van der Waals surface area contributed by atoms with Crippen molar-refractivity contribution in [2.24, 2.45) is 0 Å². The second-order valence-electron chi connectivity index (χ2n) is 5.33. The van der Waals surface area contributed by atoms with Gasteiger partial charge in [-0.1, -0.05) is 6.07 Å². The molecule has 0 spiro atoms. The molecule has 7 nitrogen and oxygen atoms in total. The Morgan fingerprint density at radius 3 is 2.55 bits per heavy atom. The fraction of sp³-hybridized carbons (Fsp3) is 0.400. The van der Waals surface area contributed by atoms with Crippen LogP contribution in [0.1, 0.15) is 21.6 Å². The first-order valence-electron chi connectivity index (χ1n) is 7.17. The smallest absolute Gasteiger partial charge is 0.360 e. The molecule has 1 aliphatic rings. The lowest BCUT2D eigenvalue weighted by Gasteiger charge is -2.26. The Morgan fingerprint density at radius 2 is 1.91 bits per heavy atom. The zero-order chi connectivity index (χ0) is 15.7. The number of aromatic carboxylic acids is 1. The van der Waals surface area contributed by atoms with Crippen LogP contribution in [0.15, 0.2) is 18.2 Å². The molecule has 2 heterocycles. The van der Waals surface area contributed by atoms with Gasteiger partial charge in [0, 0.05) is 13.1 Å². The molecular formula is C15H18N4O3. The van der Waals surface area contributed by atoms with Crippen molar-refractivity contribution in [2.75, 3.05) is 31.2 Å². The maximum atomic E-state index is 11.5. The fourth-order valence-electron chi connectivity index (χ4n) is 2.39. The van der Waals surface area contributed by atoms with E-state index in [9.17, 15) is 9.90 Å². The van der Waals surface area contributed by atoms with Gasteiger partial charge in [-0.3, -0.25) is 0 Å². The average Bonchev–Trinajstić information content (AvgIpc) is 2.96. The molecule has 1 aliphatic heterocycles. The van der Waals surface area contributed by atoms with Crippen molar-refractivity contribution in [3.8, 4) is 5.69 Å². The molecule has 0 aliphatic carbocycles. The van der Waals surface area contributed by atoms with Crippen molar-refractivity contribution in [3.05, 3.63) is 35.0 Å². The maximum absolute atomic E-state index is 11.5. The number of hydrogen-bond acceptors (Lipinski definition) is 5. The van der Waals surface area contributed by atoms with Gasteiger partial charge in [0.15, 0.2) is 5.82 Å². The minimum Gasteiger partial charge on any atom is -0.476 e. The third-order valence-corrected chi connectivity index (χ3v) is 3.83. The van der Waals surface area contributed by atoms with Crippen LogP contribution >= 0.6 is 0 Å². The Hall–Kier alpha value is -2.41. The minimum atomic E-state index is -1.07. The van der Waals surface area contributed by atoms with Crippen LogP contribution in [-0.2, 0) is 4.74 Å². The lowest BCUT2D eigenvalue weighted by molar-refractivity contribution is 0.0689. The van der Waals surface area contributed by atoms with E-state index in [1.54, 1.807) is 0 Å². The zero-order valence-corrected chi connectivity index (χ0v) is 12.6. The summed E-state index contributed by atoms with van der Waals surface area (Å²) in [6, 6.07) is 5.81. The molecule has 0 atom stereocenters. The Bertz CT molecular complexity index is 705. The van der Waals surface area contributed by atoms with E-state index in [0.29, 0.717) is 32.1 Å². The normalized spacial score (nSPS) is 15.1. The third kappa shape index (κ3) is 2.67. The second kappa shape index (κ2) is 5.76. The van der Waals surface area contributed by atoms with Gasteiger partial charge in [0.1, 0.15) is 0 Å². The number of anilines is 1. The highest BCUT2D eigenvalue weighted by atomic mass is 16.5. The van der Waals surface area contributed by atoms with Crippen LogP contribution in [0.5, 0.6) is 0 Å². The summed E-state index contributed by atoms with van der Waals surface area (Å²) in [4.78, 5) is 14.7. The first-order chi connectivity index (χ1) is 10.6. The Labute approximate surface area is 128 Å². The van der Waals surface area contributed by atoms with Gasteiger partial charge in [-0.2, -0.15) is 0 Å². The number of carboxylic acids is 1. The number of carboxylic acid groups (broad SMARTS) is 1. The first kappa shape index (κ1) is 14.5. The molecule has 1 aromatic carbocycles. The molecule has 1 saturated heterocycles. The topological polar surface area (TPSA) is 80.5 Å². The molecule has 7 heteroatoms. The van der Waals surface area contributed by atoms with Gasteiger partial charge < -0.3 is 14.7 Å². The van der Waals surface area contributed by atoms with Gasteiger partial charge in [0.05, 0.1) is 18.9 Å². The number of morpholine rings is 1. The average molecular weight is 302 g/mol. The van der Waals surface area contributed by atoms with E-state index in [1.165, 1.54) is 10.4 Å². The van der Waals surface area contributed by atoms with Crippen molar-refractivity contribution in [1.29, 1.82) is 0 Å². The summed E-state index contributed by atoms with van der Waals surface area (Å²) < 4.78 is 5.30. The zero-order valence-electron chi connectivity index (χ0n) is 12.6. The van der Waals surface area contributed by atoms with Gasteiger partial charge in [-0.05, 0) is 37.1 Å². The minimum absolute atomic E-state index is 0.0277. The molecule has 0 radical (unpaired) electrons. The molecule has 2 aromatic rings. The van der Waals surface area contributed by atoms with Crippen molar-refractivity contribution < 1.29 is 14.6 Å². The molecular weight excluding hydrogens is 284 g/mol. The first-order valence-corrected chi connectivity index (χ1v) is 7.17. The Kier molecular flexibility index (Phi) is 3.81. The molecule has 0 bridgehead atoms. The quantitative estimate of drug-likeness (QED) is 0.923. The number of rotatable bonds is 3. The number of benzene rings is 1. The number of aromatic nitrogens is 3. The van der Waals surface area contributed by atoms with Crippen LogP contribution in [0.4, 0.5) is 5.82 Å². The van der Waals surface area contributed by atoms with E-state index in [0.717, 1.165) is 11.3 Å². The predicted octanol–water partition coefficient (Wildman–Crippen LogP) is 1.42. The monoisotopic (exact) mass is 302 g/mol. The summed E-state index contributed by atoms with van der Waals surface area (Å²) >= 11 is 0. The predicted molar refractivity (Wildman–Crippen MR) is 80.8 cm³/mol. The SMILES string of the molecule is Cc1ccc(-n2nc(C(=O)O)c(N3CCOCC3)n2)cc1C. The molecule has 1 fully saturated rings. The molecule has 1 N–H and O–H groups in total. The largest absolute Gasteiger partial charge is 0.476 e. The molecule has 0 saturated carbocycles. The van der Waals surface area contributed by atoms with E-state index in [1.807, 2.05) is 36.9 Å². The van der Waals surface area contributed by atoms with Crippen LogP contribution < -0.4 is 4.90 Å². The van der Waals surface area contributed by atoms with Gasteiger partial charge in [0.25, 0.3) is 0 Å². The second-order valence-corrected chi connectivity index (χ2v) is 5.33. The summed E-state index contributed by atoms with van der Waals surface area (Å²) in [5, 5.41) is 17.9. The fourth-order valence-corrected chi connectivity index (χ4v) is 2.39. The molecule has 22 heavy (non-hydrogen) atoms. The van der Waals surface area contributed by atoms with Crippen LogP contribution in [0.25, 0.3) is 5.69 Å². The van der Waals surface area contributed by atoms with Crippen LogP contribution in [0.3, 0.4) is 0 Å². The summed E-state index contributed by atoms with van der Waals surface area (Å²) in [5.74, 6) is -0.675. The summed E-state index contributed by atoms with van der Waals surface area (Å²) in [6.07, 6.45) is 0. The number of hydrogen-bond donors (Lipinski definition) is 1. The standard InChI is InChI=1S/C15H18N4O3/c1-10-3-4-12(9-11(10)2)19-16-13(15(20)21)14(17-19)18-5-7-22-8-6-18/h3-4,9H,5-8H2,1-2H3,(H,20,21). The van der Waals surface area contributed by atoms with E-state index >= 15 is 0 Å². The highest BCUT2D eigenvalue weighted by Gasteiger charge is 2.25. The van der Waals surface area contributed by atoms with E-state index in [2.05, 4.69) is 10.2 Å². The Balaban J connectivity index is 2.02. The maximum Gasteiger partial charge on any atom is 0.360 e. The van der Waals surface area contributed by atoms with Crippen molar-refractivity contribution in [1.82, 2.24) is 15.0 Å². The highest BCUT2D eigenvalue weighted by molar-refractivity contribution is 5.91. The summed E-state index contributed by atoms with van der Waals surface area (Å²) in [6.45, 7) is 6.39. The van der Waals surface area contributed by atoms with E-state index in [-0.39, 0.29) is 5.69 Å². The number of nitrogens with zero attached hydrogens (tertiary/aromatic N) is 4. The van der Waals surface area contributed by atoms with Crippen LogP contribution in [0.2, 0.25) is 0 Å². The number of carbonyl (C=O) groups is 1. The summed E-state index contributed by atoms with van der Waals surface area (Å²) in [5.41, 5.74) is 3.01. The Morgan fingerprint density at radius 1 is 1.18 bits per heavy atom. The lowest BCUT2D eigenvalue weighted by atomic mass is 10.1. The van der Waals surface area contributed by atoms with Crippen molar-refractivity contribution in [3.63, 3.8) is 0 Å². The molecule has 0 amide bonds. The van der Waals surface area contributed by atoms with E-state index < -0.39 is 5.97 Å². The third-order valence-electron chi connectivity index (χ3n) is 3.83. The molecule has 1 aromatic heterocycles. The van der Waals surface area contributed by atoms with Gasteiger partial charge >= 0.3 is 5.97 Å². The van der Waals surface area contributed by atoms with Crippen LogP contribution in [0, 0.1) is 13.8 Å². The molecule has 3 rings (SSSR count). The number of ether oxygens (including phenoxy) is 1. The molecule has 0 unspecified atom stereocenters. The molecule has 116 valence electrons. The van der Waals surface area contributed by atoms with Crippen molar-refractivity contribution >= 4 is 11.8 Å².